The Morgan fingerprint density at radius 3 is 2.65 bits per heavy atom. The number of pyridine rings is 1. The van der Waals surface area contributed by atoms with Gasteiger partial charge in [0.15, 0.2) is 11.6 Å². The smallest absolute Gasteiger partial charge is 0.243 e. The fourth-order valence-electron chi connectivity index (χ4n) is 2.38. The third-order valence-electron chi connectivity index (χ3n) is 3.64. The summed E-state index contributed by atoms with van der Waals surface area (Å²) >= 11 is 0. The highest BCUT2D eigenvalue weighted by Gasteiger charge is 2.29. The molecular formula is C16H19FN2O3S. The van der Waals surface area contributed by atoms with E-state index in [0.717, 1.165) is 11.6 Å². The van der Waals surface area contributed by atoms with Crippen molar-refractivity contribution in [2.75, 3.05) is 13.7 Å². The molecule has 5 nitrogen and oxygen atoms in total. The minimum atomic E-state index is -3.79. The average molecular weight is 338 g/mol. The molecule has 0 bridgehead atoms. The molecule has 1 heterocycles. The van der Waals surface area contributed by atoms with Gasteiger partial charge in [-0.05, 0) is 30.7 Å². The van der Waals surface area contributed by atoms with E-state index in [1.165, 1.54) is 23.5 Å². The van der Waals surface area contributed by atoms with Gasteiger partial charge in [0.25, 0.3) is 0 Å². The van der Waals surface area contributed by atoms with Crippen LogP contribution in [0.3, 0.4) is 0 Å². The third-order valence-corrected chi connectivity index (χ3v) is 5.68. The second-order valence-corrected chi connectivity index (χ2v) is 6.86. The number of aromatic nitrogens is 1. The van der Waals surface area contributed by atoms with Crippen molar-refractivity contribution in [1.29, 1.82) is 0 Å². The van der Waals surface area contributed by atoms with Crippen molar-refractivity contribution in [3.63, 3.8) is 0 Å². The highest BCUT2D eigenvalue weighted by Crippen LogP contribution is 2.29. The fourth-order valence-corrected chi connectivity index (χ4v) is 4.02. The van der Waals surface area contributed by atoms with Crippen molar-refractivity contribution in [2.24, 2.45) is 0 Å². The number of rotatable bonds is 6. The molecule has 0 fully saturated rings. The van der Waals surface area contributed by atoms with Gasteiger partial charge in [-0.25, -0.2) is 12.8 Å². The summed E-state index contributed by atoms with van der Waals surface area (Å²) in [5.74, 6) is -0.703. The minimum absolute atomic E-state index is 0.00617. The van der Waals surface area contributed by atoms with Crippen LogP contribution in [0.1, 0.15) is 25.5 Å². The number of nitrogens with zero attached hydrogens (tertiary/aromatic N) is 2. The number of methoxy groups -OCH3 is 1. The monoisotopic (exact) mass is 338 g/mol. The van der Waals surface area contributed by atoms with Crippen LogP contribution in [0, 0.1) is 5.82 Å². The molecule has 0 spiro atoms. The van der Waals surface area contributed by atoms with Gasteiger partial charge in [0.05, 0.1) is 12.0 Å². The SMILES string of the molecule is CCN([C@@H](C)c1cccnc1)S(=O)(=O)c1ccc(F)c(OC)c1. The lowest BCUT2D eigenvalue weighted by molar-refractivity contribution is 0.355. The molecule has 124 valence electrons. The summed E-state index contributed by atoms with van der Waals surface area (Å²) < 4.78 is 45.5. The van der Waals surface area contributed by atoms with Crippen LogP contribution in [0.15, 0.2) is 47.6 Å². The summed E-state index contributed by atoms with van der Waals surface area (Å²) in [6.07, 6.45) is 3.26. The first kappa shape index (κ1) is 17.4. The zero-order valence-electron chi connectivity index (χ0n) is 13.2. The highest BCUT2D eigenvalue weighted by molar-refractivity contribution is 7.89. The Kier molecular flexibility index (Phi) is 5.33. The van der Waals surface area contributed by atoms with E-state index in [1.807, 2.05) is 6.07 Å². The topological polar surface area (TPSA) is 59.5 Å². The number of sulfonamides is 1. The van der Waals surface area contributed by atoms with E-state index in [4.69, 9.17) is 4.74 Å². The first-order valence-electron chi connectivity index (χ1n) is 7.17. The molecule has 2 aromatic rings. The van der Waals surface area contributed by atoms with Gasteiger partial charge < -0.3 is 4.74 Å². The van der Waals surface area contributed by atoms with Gasteiger partial charge in [-0.2, -0.15) is 4.31 Å². The molecule has 0 aliphatic carbocycles. The number of ether oxygens (including phenoxy) is 1. The Labute approximate surface area is 135 Å². The maximum absolute atomic E-state index is 13.5. The molecule has 1 aromatic heterocycles. The van der Waals surface area contributed by atoms with Crippen LogP contribution in [0.2, 0.25) is 0 Å². The van der Waals surface area contributed by atoms with E-state index in [0.29, 0.717) is 0 Å². The van der Waals surface area contributed by atoms with Crippen molar-refractivity contribution in [2.45, 2.75) is 24.8 Å². The number of hydrogen-bond donors (Lipinski definition) is 0. The molecule has 0 radical (unpaired) electrons. The van der Waals surface area contributed by atoms with Crippen molar-refractivity contribution in [3.05, 3.63) is 54.1 Å². The van der Waals surface area contributed by atoms with E-state index in [9.17, 15) is 12.8 Å². The molecule has 0 amide bonds. The van der Waals surface area contributed by atoms with Gasteiger partial charge in [-0.3, -0.25) is 4.98 Å². The van der Waals surface area contributed by atoms with E-state index in [-0.39, 0.29) is 17.2 Å². The van der Waals surface area contributed by atoms with Gasteiger partial charge in [-0.15, -0.1) is 0 Å². The van der Waals surface area contributed by atoms with Crippen molar-refractivity contribution < 1.29 is 17.5 Å². The molecule has 0 saturated heterocycles. The summed E-state index contributed by atoms with van der Waals surface area (Å²) in [5.41, 5.74) is 0.784. The second-order valence-electron chi connectivity index (χ2n) is 4.97. The van der Waals surface area contributed by atoms with Gasteiger partial charge >= 0.3 is 0 Å². The van der Waals surface area contributed by atoms with Crippen LogP contribution < -0.4 is 4.74 Å². The minimum Gasteiger partial charge on any atom is -0.494 e. The second kappa shape index (κ2) is 7.06. The summed E-state index contributed by atoms with van der Waals surface area (Å²) in [7, 11) is -2.49. The Morgan fingerprint density at radius 1 is 1.35 bits per heavy atom. The Morgan fingerprint density at radius 2 is 2.09 bits per heavy atom. The van der Waals surface area contributed by atoms with Gasteiger partial charge in [0, 0.05) is 31.0 Å². The summed E-state index contributed by atoms with van der Waals surface area (Å²) in [4.78, 5) is 4.02. The fraction of sp³-hybridized carbons (Fsp3) is 0.312. The Bertz CT molecular complexity index is 766. The molecule has 1 atom stereocenters. The van der Waals surface area contributed by atoms with Crippen molar-refractivity contribution in [1.82, 2.24) is 9.29 Å². The Balaban J connectivity index is 2.43. The predicted molar refractivity (Wildman–Crippen MR) is 85.2 cm³/mol. The maximum atomic E-state index is 13.5. The molecule has 23 heavy (non-hydrogen) atoms. The van der Waals surface area contributed by atoms with Crippen LogP contribution in [0.4, 0.5) is 4.39 Å². The summed E-state index contributed by atoms with van der Waals surface area (Å²) in [6.45, 7) is 3.82. The lowest BCUT2D eigenvalue weighted by Gasteiger charge is -2.27. The average Bonchev–Trinajstić information content (AvgIpc) is 2.56. The lowest BCUT2D eigenvalue weighted by Crippen LogP contribution is -2.33. The zero-order chi connectivity index (χ0) is 17.0. The van der Waals surface area contributed by atoms with E-state index in [1.54, 1.807) is 32.3 Å². The van der Waals surface area contributed by atoms with Crippen LogP contribution in [0.5, 0.6) is 5.75 Å². The molecule has 2 rings (SSSR count). The quantitative estimate of drug-likeness (QED) is 0.812. The molecule has 0 unspecified atom stereocenters. The molecule has 0 aliphatic rings. The highest BCUT2D eigenvalue weighted by atomic mass is 32.2. The third kappa shape index (κ3) is 3.51. The molecule has 7 heteroatoms. The largest absolute Gasteiger partial charge is 0.494 e. The first-order valence-corrected chi connectivity index (χ1v) is 8.61. The van der Waals surface area contributed by atoms with Gasteiger partial charge in [0.2, 0.25) is 10.0 Å². The van der Waals surface area contributed by atoms with Crippen LogP contribution >= 0.6 is 0 Å². The lowest BCUT2D eigenvalue weighted by atomic mass is 10.1. The standard InChI is InChI=1S/C16H19FN2O3S/c1-4-19(12(2)13-6-5-9-18-11-13)23(20,21)14-7-8-15(17)16(10-14)22-3/h5-12H,4H2,1-3H3/t12-/m0/s1. The molecule has 0 aliphatic heterocycles. The van der Waals surface area contributed by atoms with Crippen LogP contribution in [0.25, 0.3) is 0 Å². The predicted octanol–water partition coefficient (Wildman–Crippen LogP) is 3.00. The molecule has 0 N–H and O–H groups in total. The maximum Gasteiger partial charge on any atom is 0.243 e. The first-order chi connectivity index (χ1) is 10.9. The van der Waals surface area contributed by atoms with Crippen LogP contribution in [-0.2, 0) is 10.0 Å². The summed E-state index contributed by atoms with van der Waals surface area (Å²) in [6, 6.07) is 6.72. The van der Waals surface area contributed by atoms with Gasteiger partial charge in [0.1, 0.15) is 0 Å². The number of hydrogen-bond acceptors (Lipinski definition) is 4. The van der Waals surface area contributed by atoms with E-state index in [2.05, 4.69) is 4.98 Å². The van der Waals surface area contributed by atoms with E-state index < -0.39 is 21.9 Å². The van der Waals surface area contributed by atoms with Crippen molar-refractivity contribution >= 4 is 10.0 Å². The number of halogens is 1. The normalized spacial score (nSPS) is 13.1. The van der Waals surface area contributed by atoms with Crippen LogP contribution in [-0.4, -0.2) is 31.4 Å². The zero-order valence-corrected chi connectivity index (χ0v) is 14.0. The molecule has 0 saturated carbocycles. The van der Waals surface area contributed by atoms with Crippen molar-refractivity contribution in [3.8, 4) is 5.75 Å². The van der Waals surface area contributed by atoms with Gasteiger partial charge in [-0.1, -0.05) is 13.0 Å². The summed E-state index contributed by atoms with van der Waals surface area (Å²) in [5, 5.41) is 0. The number of benzene rings is 1. The molecular weight excluding hydrogens is 319 g/mol. The Hall–Kier alpha value is -1.99. The molecule has 1 aromatic carbocycles. The van der Waals surface area contributed by atoms with E-state index >= 15 is 0 Å².